The summed E-state index contributed by atoms with van der Waals surface area (Å²) in [5, 5.41) is 3.44. The summed E-state index contributed by atoms with van der Waals surface area (Å²) in [5.74, 6) is -0.345. The number of likely N-dealkylation sites (tertiary alicyclic amines) is 1. The van der Waals surface area contributed by atoms with Gasteiger partial charge in [-0.3, -0.25) is 4.90 Å². The van der Waals surface area contributed by atoms with Gasteiger partial charge in [0.25, 0.3) is 0 Å². The van der Waals surface area contributed by atoms with Crippen LogP contribution in [0.4, 0.5) is 5.69 Å². The molecule has 8 heteroatoms. The van der Waals surface area contributed by atoms with E-state index in [1.54, 1.807) is 18.2 Å². The summed E-state index contributed by atoms with van der Waals surface area (Å²) in [4.78, 5) is 14.2. The summed E-state index contributed by atoms with van der Waals surface area (Å²) in [6.07, 6.45) is 1.33. The van der Waals surface area contributed by atoms with E-state index in [0.29, 0.717) is 29.0 Å². The molecule has 0 atom stereocenters. The van der Waals surface area contributed by atoms with Gasteiger partial charge in [0, 0.05) is 19.6 Å². The number of fused-ring (bicyclic) bond motifs is 1. The Hall–Kier alpha value is -2.42. The van der Waals surface area contributed by atoms with E-state index >= 15 is 0 Å². The molecule has 1 spiro atoms. The van der Waals surface area contributed by atoms with Crippen LogP contribution in [0.1, 0.15) is 34.3 Å². The molecule has 1 fully saturated rings. The number of methoxy groups -OCH3 is 1. The molecule has 29 heavy (non-hydrogen) atoms. The van der Waals surface area contributed by atoms with Gasteiger partial charge in [0.1, 0.15) is 10.6 Å². The number of ether oxygens (including phenoxy) is 1. The number of hydrogen-bond donors (Lipinski definition) is 2. The molecule has 1 saturated heterocycles. The third-order valence-corrected chi connectivity index (χ3v) is 7.20. The average Bonchev–Trinajstić information content (AvgIpc) is 2.70. The van der Waals surface area contributed by atoms with Crippen LogP contribution in [0, 0.1) is 6.92 Å². The molecule has 2 N–H and O–H groups in total. The monoisotopic (exact) mass is 415 g/mol. The fourth-order valence-corrected chi connectivity index (χ4v) is 5.62. The van der Waals surface area contributed by atoms with E-state index in [4.69, 9.17) is 4.74 Å². The summed E-state index contributed by atoms with van der Waals surface area (Å²) < 4.78 is 33.2. The molecule has 0 saturated carbocycles. The molecule has 0 radical (unpaired) electrons. The predicted molar refractivity (Wildman–Crippen MR) is 110 cm³/mol. The number of carbonyl (C=O) groups is 1. The molecule has 2 aromatic carbocycles. The number of anilines is 1. The Balaban J connectivity index is 1.43. The van der Waals surface area contributed by atoms with Crippen molar-refractivity contribution >= 4 is 21.7 Å². The molecule has 2 aliphatic heterocycles. The first kappa shape index (κ1) is 19.9. The van der Waals surface area contributed by atoms with Crippen molar-refractivity contribution in [3.05, 3.63) is 59.2 Å². The minimum atomic E-state index is -3.54. The van der Waals surface area contributed by atoms with Crippen molar-refractivity contribution in [2.75, 3.05) is 25.5 Å². The summed E-state index contributed by atoms with van der Waals surface area (Å²) >= 11 is 0. The first-order valence-electron chi connectivity index (χ1n) is 9.63. The summed E-state index contributed by atoms with van der Waals surface area (Å²) in [6, 6.07) is 12.9. The second-order valence-corrected chi connectivity index (χ2v) is 9.43. The second kappa shape index (κ2) is 7.44. The number of carbonyl (C=O) groups excluding carboxylic acids is 1. The fraction of sp³-hybridized carbons (Fsp3) is 0.381. The number of nitrogens with one attached hydrogen (secondary N) is 2. The molecular weight excluding hydrogens is 390 g/mol. The molecular formula is C21H25N3O4S. The maximum Gasteiger partial charge on any atom is 0.337 e. The van der Waals surface area contributed by atoms with Crippen LogP contribution in [0.25, 0.3) is 0 Å². The van der Waals surface area contributed by atoms with Crippen LogP contribution in [0.2, 0.25) is 0 Å². The highest BCUT2D eigenvalue weighted by Crippen LogP contribution is 2.35. The number of nitrogens with zero attached hydrogens (tertiary/aromatic N) is 1. The van der Waals surface area contributed by atoms with Crippen LogP contribution in [0.3, 0.4) is 0 Å². The lowest BCUT2D eigenvalue weighted by molar-refractivity contribution is 0.0600. The van der Waals surface area contributed by atoms with Gasteiger partial charge in [0.05, 0.1) is 18.4 Å². The number of hydrogen-bond acceptors (Lipinski definition) is 6. The smallest absolute Gasteiger partial charge is 0.337 e. The molecule has 0 amide bonds. The summed E-state index contributed by atoms with van der Waals surface area (Å²) in [5.41, 5.74) is 2.57. The van der Waals surface area contributed by atoms with E-state index in [2.05, 4.69) is 14.9 Å². The second-order valence-electron chi connectivity index (χ2n) is 7.78. The standard InChI is InChI=1S/C21H25N3O4S/c1-15-3-8-18-19(13-15)29(26,27)23-21(22-18)9-11-24(12-10-21)14-16-4-6-17(7-5-16)20(25)28-2/h3-8,13,22-23H,9-12,14H2,1-2H3. The fourth-order valence-electron chi connectivity index (χ4n) is 3.99. The number of rotatable bonds is 3. The molecule has 2 aromatic rings. The quantitative estimate of drug-likeness (QED) is 0.749. The number of sulfonamides is 1. The number of benzene rings is 2. The lowest BCUT2D eigenvalue weighted by Crippen LogP contribution is -2.61. The molecule has 2 heterocycles. The zero-order valence-corrected chi connectivity index (χ0v) is 17.4. The topological polar surface area (TPSA) is 87.7 Å². The highest BCUT2D eigenvalue weighted by molar-refractivity contribution is 7.89. The normalized spacial score (nSPS) is 19.9. The van der Waals surface area contributed by atoms with E-state index in [9.17, 15) is 13.2 Å². The van der Waals surface area contributed by atoms with Gasteiger partial charge in [-0.15, -0.1) is 0 Å². The minimum Gasteiger partial charge on any atom is -0.465 e. The largest absolute Gasteiger partial charge is 0.465 e. The molecule has 7 nitrogen and oxygen atoms in total. The van der Waals surface area contributed by atoms with Gasteiger partial charge in [-0.05, 0) is 55.2 Å². The summed E-state index contributed by atoms with van der Waals surface area (Å²) in [6.45, 7) is 4.15. The first-order chi connectivity index (χ1) is 13.8. The highest BCUT2D eigenvalue weighted by Gasteiger charge is 2.43. The zero-order valence-electron chi connectivity index (χ0n) is 16.6. The molecule has 2 aliphatic rings. The van der Waals surface area contributed by atoms with Crippen LogP contribution in [-0.2, 0) is 21.3 Å². The lowest BCUT2D eigenvalue weighted by atomic mass is 9.96. The van der Waals surface area contributed by atoms with Crippen molar-refractivity contribution < 1.29 is 17.9 Å². The Morgan fingerprint density at radius 1 is 1.14 bits per heavy atom. The van der Waals surface area contributed by atoms with Crippen molar-refractivity contribution in [3.63, 3.8) is 0 Å². The summed E-state index contributed by atoms with van der Waals surface area (Å²) in [7, 11) is -2.17. The predicted octanol–water partition coefficient (Wildman–Crippen LogP) is 2.48. The van der Waals surface area contributed by atoms with Gasteiger partial charge in [-0.2, -0.15) is 4.72 Å². The van der Waals surface area contributed by atoms with Crippen molar-refractivity contribution in [2.24, 2.45) is 0 Å². The first-order valence-corrected chi connectivity index (χ1v) is 11.1. The van der Waals surface area contributed by atoms with E-state index in [1.165, 1.54) is 7.11 Å². The van der Waals surface area contributed by atoms with E-state index in [-0.39, 0.29) is 5.97 Å². The number of piperidine rings is 1. The van der Waals surface area contributed by atoms with Crippen molar-refractivity contribution in [1.82, 2.24) is 9.62 Å². The molecule has 0 unspecified atom stereocenters. The Bertz CT molecular complexity index is 1030. The van der Waals surface area contributed by atoms with Gasteiger partial charge in [0.2, 0.25) is 10.0 Å². The number of esters is 1. The minimum absolute atomic E-state index is 0.316. The van der Waals surface area contributed by atoms with Crippen LogP contribution in [0.5, 0.6) is 0 Å². The third-order valence-electron chi connectivity index (χ3n) is 5.62. The van der Waals surface area contributed by atoms with Crippen molar-refractivity contribution in [1.29, 1.82) is 0 Å². The van der Waals surface area contributed by atoms with E-state index in [1.807, 2.05) is 31.2 Å². The van der Waals surface area contributed by atoms with Gasteiger partial charge in [-0.25, -0.2) is 13.2 Å². The van der Waals surface area contributed by atoms with E-state index < -0.39 is 15.7 Å². The van der Waals surface area contributed by atoms with Gasteiger partial charge in [0.15, 0.2) is 0 Å². The van der Waals surface area contributed by atoms with Crippen LogP contribution in [0.15, 0.2) is 47.4 Å². The maximum absolute atomic E-state index is 12.8. The van der Waals surface area contributed by atoms with Crippen LogP contribution < -0.4 is 10.0 Å². The Kier molecular flexibility index (Phi) is 5.10. The number of aryl methyl sites for hydroxylation is 1. The van der Waals surface area contributed by atoms with Gasteiger partial charge < -0.3 is 10.1 Å². The van der Waals surface area contributed by atoms with Gasteiger partial charge in [-0.1, -0.05) is 18.2 Å². The Morgan fingerprint density at radius 2 is 1.83 bits per heavy atom. The van der Waals surface area contributed by atoms with Crippen molar-refractivity contribution in [3.8, 4) is 0 Å². The van der Waals surface area contributed by atoms with Crippen LogP contribution >= 0.6 is 0 Å². The molecule has 0 aliphatic carbocycles. The average molecular weight is 416 g/mol. The SMILES string of the molecule is COC(=O)c1ccc(CN2CCC3(CC2)Nc2ccc(C)cc2S(=O)(=O)N3)cc1. The zero-order chi connectivity index (χ0) is 20.6. The van der Waals surface area contributed by atoms with Crippen LogP contribution in [-0.4, -0.2) is 45.1 Å². The Morgan fingerprint density at radius 3 is 2.48 bits per heavy atom. The molecule has 0 aromatic heterocycles. The maximum atomic E-state index is 12.8. The van der Waals surface area contributed by atoms with Gasteiger partial charge >= 0.3 is 5.97 Å². The highest BCUT2D eigenvalue weighted by atomic mass is 32.2. The third kappa shape index (κ3) is 4.01. The van der Waals surface area contributed by atoms with Crippen molar-refractivity contribution in [2.45, 2.75) is 36.9 Å². The molecule has 154 valence electrons. The van der Waals surface area contributed by atoms with E-state index in [0.717, 1.165) is 30.8 Å². The lowest BCUT2D eigenvalue weighted by Gasteiger charge is -2.45. The Labute approximate surface area is 171 Å². The molecule has 0 bridgehead atoms. The molecule has 4 rings (SSSR count).